The Morgan fingerprint density at radius 3 is 2.17 bits per heavy atom. The molecule has 0 spiro atoms. The molecule has 0 aliphatic carbocycles. The van der Waals surface area contributed by atoms with Gasteiger partial charge in [0.2, 0.25) is 21.8 Å². The topological polar surface area (TPSA) is 86.8 Å². The number of hydrogen-bond donors (Lipinski definition) is 1. The smallest absolute Gasteiger partial charge is 0.243 e. The molecule has 0 saturated heterocycles. The summed E-state index contributed by atoms with van der Waals surface area (Å²) in [5.41, 5.74) is 4.68. The molecule has 3 aromatic carbocycles. The van der Waals surface area contributed by atoms with Crippen LogP contribution in [-0.4, -0.2) is 50.5 Å². The molecule has 0 aliphatic heterocycles. The Hall–Kier alpha value is -3.65. The number of sulfonamides is 1. The van der Waals surface area contributed by atoms with E-state index in [1.165, 1.54) is 10.6 Å². The molecule has 7 nitrogen and oxygen atoms in total. The van der Waals surface area contributed by atoms with Gasteiger partial charge in [0.1, 0.15) is 6.04 Å². The molecule has 0 aromatic heterocycles. The van der Waals surface area contributed by atoms with Crippen molar-refractivity contribution in [1.29, 1.82) is 0 Å². The van der Waals surface area contributed by atoms with Crippen LogP contribution in [0.3, 0.4) is 0 Å². The number of carbonyl (C=O) groups excluding carboxylic acids is 2. The Kier molecular flexibility index (Phi) is 12.6. The predicted molar refractivity (Wildman–Crippen MR) is 171 cm³/mol. The Morgan fingerprint density at radius 2 is 1.55 bits per heavy atom. The number of unbranched alkanes of at least 4 members (excludes halogenated alkanes) is 1. The Bertz CT molecular complexity index is 1390. The van der Waals surface area contributed by atoms with Crippen LogP contribution in [0.5, 0.6) is 0 Å². The summed E-state index contributed by atoms with van der Waals surface area (Å²) in [4.78, 5) is 29.2. The Labute approximate surface area is 252 Å². The van der Waals surface area contributed by atoms with Gasteiger partial charge < -0.3 is 10.2 Å². The van der Waals surface area contributed by atoms with Crippen molar-refractivity contribution >= 4 is 27.5 Å². The normalized spacial score (nSPS) is 12.0. The van der Waals surface area contributed by atoms with E-state index < -0.39 is 16.1 Å². The highest BCUT2D eigenvalue weighted by atomic mass is 32.2. The highest BCUT2D eigenvalue weighted by molar-refractivity contribution is 7.92. The van der Waals surface area contributed by atoms with Crippen molar-refractivity contribution in [3.05, 3.63) is 101 Å². The zero-order chi connectivity index (χ0) is 30.5. The summed E-state index contributed by atoms with van der Waals surface area (Å²) in [6.45, 7) is 7.12. The number of amides is 2. The van der Waals surface area contributed by atoms with E-state index in [2.05, 4.69) is 12.2 Å². The second-order valence-electron chi connectivity index (χ2n) is 10.8. The number of nitrogens with one attached hydrogen (secondary N) is 1. The molecule has 0 aliphatic rings. The van der Waals surface area contributed by atoms with E-state index in [-0.39, 0.29) is 31.3 Å². The van der Waals surface area contributed by atoms with Crippen LogP contribution >= 0.6 is 0 Å². The second kappa shape index (κ2) is 16.1. The van der Waals surface area contributed by atoms with E-state index in [1.54, 1.807) is 4.90 Å². The van der Waals surface area contributed by atoms with Gasteiger partial charge in [0.25, 0.3) is 0 Å². The molecule has 0 fully saturated rings. The molecule has 0 bridgehead atoms. The fourth-order valence-electron chi connectivity index (χ4n) is 4.97. The van der Waals surface area contributed by atoms with Gasteiger partial charge in [-0.3, -0.25) is 13.9 Å². The minimum atomic E-state index is -3.55. The number of carbonyl (C=O) groups is 2. The van der Waals surface area contributed by atoms with Crippen LogP contribution in [0.25, 0.3) is 0 Å². The van der Waals surface area contributed by atoms with E-state index >= 15 is 0 Å². The van der Waals surface area contributed by atoms with Gasteiger partial charge in [-0.05, 0) is 55.0 Å². The standard InChI is InChI=1S/C34H45N3O4S/c1-5-7-22-35-34(39)32(25-29-14-9-8-10-15-29)36(26-30-16-11-13-27(3)24-30)33(38)17-12-23-37(42(4,40)41)31-20-18-28(6-2)19-21-31/h8-11,13-16,18-21,24,32H,5-7,12,17,22-23,25-26H2,1-4H3,(H,35,39)/t32-/m0/s1. The number of hydrogen-bond acceptors (Lipinski definition) is 4. The molecule has 1 N–H and O–H groups in total. The first-order valence-corrected chi connectivity index (χ1v) is 16.7. The average molecular weight is 592 g/mol. The van der Waals surface area contributed by atoms with Crippen LogP contribution in [0, 0.1) is 6.92 Å². The average Bonchev–Trinajstić information content (AvgIpc) is 2.97. The third-order valence-corrected chi connectivity index (χ3v) is 8.51. The van der Waals surface area contributed by atoms with Crippen LogP contribution in [0.15, 0.2) is 78.9 Å². The fraction of sp³-hybridized carbons (Fsp3) is 0.412. The van der Waals surface area contributed by atoms with Gasteiger partial charge in [-0.2, -0.15) is 0 Å². The number of rotatable bonds is 16. The van der Waals surface area contributed by atoms with Crippen LogP contribution < -0.4 is 9.62 Å². The van der Waals surface area contributed by atoms with Gasteiger partial charge in [-0.25, -0.2) is 8.42 Å². The quantitative estimate of drug-likeness (QED) is 0.218. The lowest BCUT2D eigenvalue weighted by Gasteiger charge is -2.32. The molecule has 3 rings (SSSR count). The maximum absolute atomic E-state index is 13.9. The molecule has 1 atom stereocenters. The molecule has 226 valence electrons. The fourth-order valence-corrected chi connectivity index (χ4v) is 5.93. The SMILES string of the molecule is CCCCNC(=O)[C@H](Cc1ccccc1)N(Cc1cccc(C)c1)C(=O)CCCN(c1ccc(CC)cc1)S(C)(=O)=O. The lowest BCUT2D eigenvalue weighted by molar-refractivity contribution is -0.141. The molecular weight excluding hydrogens is 546 g/mol. The largest absolute Gasteiger partial charge is 0.354 e. The molecule has 0 unspecified atom stereocenters. The van der Waals surface area contributed by atoms with Gasteiger partial charge in [0.05, 0.1) is 11.9 Å². The molecule has 0 heterocycles. The van der Waals surface area contributed by atoms with E-state index in [0.717, 1.165) is 41.5 Å². The van der Waals surface area contributed by atoms with E-state index in [0.29, 0.717) is 25.1 Å². The second-order valence-corrected chi connectivity index (χ2v) is 12.7. The van der Waals surface area contributed by atoms with Crippen molar-refractivity contribution in [2.75, 3.05) is 23.7 Å². The summed E-state index contributed by atoms with van der Waals surface area (Å²) in [7, 11) is -3.55. The molecule has 0 radical (unpaired) electrons. The summed E-state index contributed by atoms with van der Waals surface area (Å²) in [5.74, 6) is -0.361. The van der Waals surface area contributed by atoms with Crippen LogP contribution in [-0.2, 0) is 39.0 Å². The summed E-state index contributed by atoms with van der Waals surface area (Å²) in [6.07, 6.45) is 4.67. The zero-order valence-corrected chi connectivity index (χ0v) is 26.2. The van der Waals surface area contributed by atoms with Gasteiger partial charge in [0.15, 0.2) is 0 Å². The Morgan fingerprint density at radius 1 is 0.857 bits per heavy atom. The maximum Gasteiger partial charge on any atom is 0.243 e. The molecule has 3 aromatic rings. The minimum absolute atomic E-state index is 0.110. The Balaban J connectivity index is 1.86. The number of aryl methyl sites for hydroxylation is 2. The first-order chi connectivity index (χ1) is 20.1. The van der Waals surface area contributed by atoms with Gasteiger partial charge in [0, 0.05) is 32.5 Å². The molecule has 0 saturated carbocycles. The van der Waals surface area contributed by atoms with E-state index in [1.807, 2.05) is 92.7 Å². The van der Waals surface area contributed by atoms with Gasteiger partial charge in [-0.1, -0.05) is 92.6 Å². The van der Waals surface area contributed by atoms with E-state index in [9.17, 15) is 18.0 Å². The van der Waals surface area contributed by atoms with Crippen molar-refractivity contribution in [3.63, 3.8) is 0 Å². The minimum Gasteiger partial charge on any atom is -0.354 e. The monoisotopic (exact) mass is 591 g/mol. The summed E-state index contributed by atoms with van der Waals surface area (Å²) < 4.78 is 26.7. The van der Waals surface area contributed by atoms with E-state index in [4.69, 9.17) is 0 Å². The summed E-state index contributed by atoms with van der Waals surface area (Å²) in [5, 5.41) is 3.04. The lowest BCUT2D eigenvalue weighted by Crippen LogP contribution is -2.50. The highest BCUT2D eigenvalue weighted by Crippen LogP contribution is 2.21. The van der Waals surface area contributed by atoms with Gasteiger partial charge in [-0.15, -0.1) is 0 Å². The number of benzene rings is 3. The predicted octanol–water partition coefficient (Wildman–Crippen LogP) is 5.66. The number of anilines is 1. The first kappa shape index (κ1) is 32.9. The third-order valence-electron chi connectivity index (χ3n) is 7.32. The summed E-state index contributed by atoms with van der Waals surface area (Å²) in [6, 6.07) is 24.4. The molecule has 2 amide bonds. The van der Waals surface area contributed by atoms with Crippen molar-refractivity contribution in [2.24, 2.45) is 0 Å². The molecule has 42 heavy (non-hydrogen) atoms. The highest BCUT2D eigenvalue weighted by Gasteiger charge is 2.30. The third kappa shape index (κ3) is 10.0. The molecular formula is C34H45N3O4S. The van der Waals surface area contributed by atoms with Gasteiger partial charge >= 0.3 is 0 Å². The van der Waals surface area contributed by atoms with Crippen molar-refractivity contribution in [1.82, 2.24) is 10.2 Å². The van der Waals surface area contributed by atoms with Crippen molar-refractivity contribution in [3.8, 4) is 0 Å². The molecule has 8 heteroatoms. The lowest BCUT2D eigenvalue weighted by atomic mass is 10.0. The number of nitrogens with zero attached hydrogens (tertiary/aromatic N) is 2. The zero-order valence-electron chi connectivity index (χ0n) is 25.4. The van der Waals surface area contributed by atoms with Crippen LogP contribution in [0.4, 0.5) is 5.69 Å². The summed E-state index contributed by atoms with van der Waals surface area (Å²) >= 11 is 0. The first-order valence-electron chi connectivity index (χ1n) is 14.9. The maximum atomic E-state index is 13.9. The van der Waals surface area contributed by atoms with Crippen molar-refractivity contribution < 1.29 is 18.0 Å². The van der Waals surface area contributed by atoms with Crippen LogP contribution in [0.1, 0.15) is 61.8 Å². The van der Waals surface area contributed by atoms with Crippen LogP contribution in [0.2, 0.25) is 0 Å². The van der Waals surface area contributed by atoms with Crippen molar-refractivity contribution in [2.45, 2.75) is 71.9 Å².